The van der Waals surface area contributed by atoms with Crippen molar-refractivity contribution in [3.05, 3.63) is 76.3 Å². The van der Waals surface area contributed by atoms with Gasteiger partial charge in [-0.2, -0.15) is 5.10 Å². The van der Waals surface area contributed by atoms with E-state index in [2.05, 4.69) is 10.1 Å². The molecule has 4 rings (SSSR count). The third kappa shape index (κ3) is 3.25. The van der Waals surface area contributed by atoms with Crippen LogP contribution in [0.2, 0.25) is 10.0 Å². The van der Waals surface area contributed by atoms with Crippen LogP contribution >= 0.6 is 23.2 Å². The summed E-state index contributed by atoms with van der Waals surface area (Å²) >= 11 is 12.3. The topological polar surface area (TPSA) is 66.0 Å². The summed E-state index contributed by atoms with van der Waals surface area (Å²) in [6, 6.07) is 12.2. The number of hydrogen-bond acceptors (Lipinski definition) is 4. The molecule has 28 heavy (non-hydrogen) atoms. The lowest BCUT2D eigenvalue weighted by Gasteiger charge is -2.19. The molecule has 1 atom stereocenters. The van der Waals surface area contributed by atoms with Crippen LogP contribution in [-0.4, -0.2) is 14.8 Å². The molecule has 2 N–H and O–H groups in total. The van der Waals surface area contributed by atoms with E-state index in [4.69, 9.17) is 33.7 Å². The highest BCUT2D eigenvalue weighted by Gasteiger charge is 2.20. The van der Waals surface area contributed by atoms with Crippen molar-refractivity contribution in [3.8, 4) is 11.4 Å². The van der Waals surface area contributed by atoms with E-state index in [0.29, 0.717) is 22.0 Å². The molecule has 0 spiro atoms. The van der Waals surface area contributed by atoms with E-state index in [1.165, 1.54) is 12.1 Å². The van der Waals surface area contributed by atoms with E-state index < -0.39 is 11.9 Å². The first-order valence-corrected chi connectivity index (χ1v) is 9.20. The molecule has 0 saturated carbocycles. The summed E-state index contributed by atoms with van der Waals surface area (Å²) in [6.45, 7) is 1.71. The van der Waals surface area contributed by atoms with Crippen LogP contribution in [0.15, 0.2) is 54.9 Å². The van der Waals surface area contributed by atoms with Crippen molar-refractivity contribution in [1.29, 1.82) is 0 Å². The van der Waals surface area contributed by atoms with Crippen LogP contribution in [0.4, 0.5) is 10.2 Å². The standard InChI is InChI=1S/C20H15Cl2FN4O/c1-11(18-14(21)6-7-15(23)19(18)22)28-17-8-13(10-25-20(17)24)27-16-5-3-2-4-12(16)9-26-27/h2-11H,1H3,(H2,24,25). The highest BCUT2D eigenvalue weighted by molar-refractivity contribution is 6.36. The van der Waals surface area contributed by atoms with Gasteiger partial charge in [0.05, 0.1) is 28.6 Å². The van der Waals surface area contributed by atoms with Gasteiger partial charge in [0.1, 0.15) is 11.9 Å². The van der Waals surface area contributed by atoms with Crippen molar-refractivity contribution in [3.63, 3.8) is 0 Å². The molecule has 0 fully saturated rings. The number of nitrogen functional groups attached to an aromatic ring is 1. The van der Waals surface area contributed by atoms with Crippen LogP contribution in [-0.2, 0) is 0 Å². The SMILES string of the molecule is CC(Oc1cc(-n2ncc3ccccc32)cnc1N)c1c(Cl)ccc(F)c1Cl. The van der Waals surface area contributed by atoms with Gasteiger partial charge in [-0.1, -0.05) is 41.4 Å². The zero-order valence-corrected chi connectivity index (χ0v) is 16.2. The maximum Gasteiger partial charge on any atom is 0.166 e. The van der Waals surface area contributed by atoms with Crippen LogP contribution < -0.4 is 10.5 Å². The number of hydrogen-bond donors (Lipinski definition) is 1. The Morgan fingerprint density at radius 1 is 1.14 bits per heavy atom. The molecule has 1 unspecified atom stereocenters. The van der Waals surface area contributed by atoms with Gasteiger partial charge in [0, 0.05) is 22.0 Å². The third-order valence-corrected chi connectivity index (χ3v) is 5.09. The molecule has 0 amide bonds. The molecule has 0 radical (unpaired) electrons. The lowest BCUT2D eigenvalue weighted by molar-refractivity contribution is 0.227. The number of benzene rings is 2. The summed E-state index contributed by atoms with van der Waals surface area (Å²) in [5, 5.41) is 5.62. The Bertz CT molecular complexity index is 1180. The molecular formula is C20H15Cl2FN4O. The van der Waals surface area contributed by atoms with Gasteiger partial charge in [0.15, 0.2) is 11.6 Å². The van der Waals surface area contributed by atoms with Gasteiger partial charge >= 0.3 is 0 Å². The first kappa shape index (κ1) is 18.5. The molecule has 2 heterocycles. The van der Waals surface area contributed by atoms with Crippen LogP contribution in [0.5, 0.6) is 5.75 Å². The smallest absolute Gasteiger partial charge is 0.166 e. The van der Waals surface area contributed by atoms with Crippen molar-refractivity contribution in [2.45, 2.75) is 13.0 Å². The predicted octanol–water partition coefficient (Wildman–Crippen LogP) is 5.59. The number of pyridine rings is 1. The van der Waals surface area contributed by atoms with E-state index >= 15 is 0 Å². The number of ether oxygens (including phenoxy) is 1. The Kier molecular flexibility index (Phi) is 4.83. The first-order valence-electron chi connectivity index (χ1n) is 8.44. The maximum atomic E-state index is 13.8. The summed E-state index contributed by atoms with van der Waals surface area (Å²) in [7, 11) is 0. The van der Waals surface area contributed by atoms with Crippen molar-refractivity contribution >= 4 is 39.9 Å². The molecule has 2 aromatic heterocycles. The fraction of sp³-hybridized carbons (Fsp3) is 0.100. The normalized spacial score (nSPS) is 12.3. The molecule has 0 saturated heterocycles. The number of fused-ring (bicyclic) bond motifs is 1. The number of halogens is 3. The molecule has 8 heteroatoms. The fourth-order valence-electron chi connectivity index (χ4n) is 3.00. The van der Waals surface area contributed by atoms with Gasteiger partial charge in [0.2, 0.25) is 0 Å². The number of rotatable bonds is 4. The largest absolute Gasteiger partial charge is 0.482 e. The predicted molar refractivity (Wildman–Crippen MR) is 109 cm³/mol. The van der Waals surface area contributed by atoms with Gasteiger partial charge in [-0.25, -0.2) is 14.1 Å². The zero-order valence-electron chi connectivity index (χ0n) is 14.7. The molecule has 142 valence electrons. The monoisotopic (exact) mass is 416 g/mol. The number of anilines is 1. The van der Waals surface area contributed by atoms with Crippen molar-refractivity contribution in [1.82, 2.24) is 14.8 Å². The molecule has 0 aliphatic heterocycles. The molecule has 0 aliphatic carbocycles. The Hall–Kier alpha value is -2.83. The minimum absolute atomic E-state index is 0.0826. The lowest BCUT2D eigenvalue weighted by atomic mass is 10.1. The minimum Gasteiger partial charge on any atom is -0.482 e. The molecule has 5 nitrogen and oxygen atoms in total. The summed E-state index contributed by atoms with van der Waals surface area (Å²) in [6.07, 6.45) is 2.72. The third-order valence-electron chi connectivity index (χ3n) is 4.38. The van der Waals surface area contributed by atoms with E-state index in [-0.39, 0.29) is 10.8 Å². The number of aromatic nitrogens is 3. The van der Waals surface area contributed by atoms with Gasteiger partial charge < -0.3 is 10.5 Å². The fourth-order valence-corrected chi connectivity index (χ4v) is 3.68. The molecule has 0 bridgehead atoms. The highest BCUT2D eigenvalue weighted by Crippen LogP contribution is 2.36. The van der Waals surface area contributed by atoms with E-state index in [1.54, 1.807) is 30.1 Å². The molecule has 4 aromatic rings. The summed E-state index contributed by atoms with van der Waals surface area (Å²) in [4.78, 5) is 4.20. The van der Waals surface area contributed by atoms with Crippen molar-refractivity contribution in [2.75, 3.05) is 5.73 Å². The first-order chi connectivity index (χ1) is 13.5. The van der Waals surface area contributed by atoms with Gasteiger partial charge in [0.25, 0.3) is 0 Å². The van der Waals surface area contributed by atoms with Crippen LogP contribution in [0.25, 0.3) is 16.6 Å². The minimum atomic E-state index is -0.649. The number of nitrogens with two attached hydrogens (primary N) is 1. The number of nitrogens with zero attached hydrogens (tertiary/aromatic N) is 3. The van der Waals surface area contributed by atoms with Crippen LogP contribution in [0, 0.1) is 5.82 Å². The Balaban J connectivity index is 1.72. The zero-order chi connectivity index (χ0) is 19.8. The van der Waals surface area contributed by atoms with E-state index in [0.717, 1.165) is 10.9 Å². The average Bonchev–Trinajstić information content (AvgIpc) is 3.11. The molecule has 2 aromatic carbocycles. The van der Waals surface area contributed by atoms with E-state index in [9.17, 15) is 4.39 Å². The highest BCUT2D eigenvalue weighted by atomic mass is 35.5. The molecular weight excluding hydrogens is 402 g/mol. The van der Waals surface area contributed by atoms with Crippen molar-refractivity contribution < 1.29 is 9.13 Å². The lowest BCUT2D eigenvalue weighted by Crippen LogP contribution is -2.09. The second-order valence-electron chi connectivity index (χ2n) is 6.21. The average molecular weight is 417 g/mol. The van der Waals surface area contributed by atoms with Gasteiger partial charge in [-0.05, 0) is 25.1 Å². The summed E-state index contributed by atoms with van der Waals surface area (Å²) in [5.74, 6) is -0.0592. The second-order valence-corrected chi connectivity index (χ2v) is 6.99. The Morgan fingerprint density at radius 2 is 1.93 bits per heavy atom. The van der Waals surface area contributed by atoms with Gasteiger partial charge in [-0.15, -0.1) is 0 Å². The molecule has 0 aliphatic rings. The van der Waals surface area contributed by atoms with E-state index in [1.807, 2.05) is 24.3 Å². The van der Waals surface area contributed by atoms with Crippen LogP contribution in [0.1, 0.15) is 18.6 Å². The Morgan fingerprint density at radius 3 is 2.75 bits per heavy atom. The number of para-hydroxylation sites is 1. The summed E-state index contributed by atoms with van der Waals surface area (Å²) in [5.41, 5.74) is 7.92. The quantitative estimate of drug-likeness (QED) is 0.440. The summed E-state index contributed by atoms with van der Waals surface area (Å²) < 4.78 is 21.5. The Labute approximate surface area is 170 Å². The maximum absolute atomic E-state index is 13.8. The van der Waals surface area contributed by atoms with Gasteiger partial charge in [-0.3, -0.25) is 0 Å². The van der Waals surface area contributed by atoms with Crippen molar-refractivity contribution in [2.24, 2.45) is 0 Å². The second kappa shape index (κ2) is 7.30. The van der Waals surface area contributed by atoms with Crippen LogP contribution in [0.3, 0.4) is 0 Å².